The minimum absolute atomic E-state index is 0.104. The molecule has 36 heavy (non-hydrogen) atoms. The molecule has 0 radical (unpaired) electrons. The molecule has 0 aliphatic carbocycles. The Labute approximate surface area is 206 Å². The molecule has 0 bridgehead atoms. The number of nitrogens with zero attached hydrogens (tertiary/aromatic N) is 8. The molecule has 9 nitrogen and oxygen atoms in total. The molecule has 3 aromatic heterocycles. The monoisotopic (exact) mass is 490 g/mol. The molecule has 1 aliphatic heterocycles. The molecule has 0 saturated carbocycles. The Morgan fingerprint density at radius 3 is 2.81 bits per heavy atom. The maximum Gasteiger partial charge on any atom is 0.320 e. The second-order valence-corrected chi connectivity index (χ2v) is 8.80. The zero-order valence-corrected chi connectivity index (χ0v) is 19.8. The average molecular weight is 491 g/mol. The molecule has 5 rings (SSSR count). The number of pyridine rings is 1. The summed E-state index contributed by atoms with van der Waals surface area (Å²) in [5, 5.41) is 18.1. The van der Waals surface area contributed by atoms with E-state index in [0.717, 1.165) is 29.4 Å². The molecular weight excluding hydrogens is 466 g/mol. The summed E-state index contributed by atoms with van der Waals surface area (Å²) in [5.74, 6) is 0.385. The number of ether oxygens (including phenoxy) is 1. The molecular formula is C25H24F2N8O. The predicted molar refractivity (Wildman–Crippen MR) is 129 cm³/mol. The Hall–Kier alpha value is -4.33. The van der Waals surface area contributed by atoms with E-state index >= 15 is 0 Å². The molecule has 4 heterocycles. The van der Waals surface area contributed by atoms with E-state index in [1.54, 1.807) is 41.4 Å². The largest absolute Gasteiger partial charge is 0.453 e. The lowest BCUT2D eigenvalue weighted by atomic mass is 9.98. The highest BCUT2D eigenvalue weighted by Gasteiger charge is 2.29. The summed E-state index contributed by atoms with van der Waals surface area (Å²) in [4.78, 5) is 10.2. The average Bonchev–Trinajstić information content (AvgIpc) is 3.48. The minimum atomic E-state index is -2.80. The van der Waals surface area contributed by atoms with E-state index in [1.807, 2.05) is 18.5 Å². The van der Waals surface area contributed by atoms with Crippen LogP contribution in [0.2, 0.25) is 0 Å². The highest BCUT2D eigenvalue weighted by atomic mass is 19.3. The fraction of sp³-hybridized carbons (Fsp3) is 0.320. The maximum absolute atomic E-state index is 13.7. The number of rotatable bonds is 6. The molecule has 1 aliphatic rings. The van der Waals surface area contributed by atoms with E-state index in [1.165, 1.54) is 0 Å². The second kappa shape index (κ2) is 9.37. The lowest BCUT2D eigenvalue weighted by molar-refractivity contribution is 0.0743. The first kappa shape index (κ1) is 23.4. The SMILES string of the molecule is C=C(Oc1cc(-c2nnn(C3CCN(C#N)[C@H](C)C3)c2C)cc2ncn(C(F)F)c12)c1ccccn1. The number of hydrogen-bond donors (Lipinski definition) is 0. The number of aromatic nitrogens is 6. The van der Waals surface area contributed by atoms with Crippen LogP contribution >= 0.6 is 0 Å². The molecule has 2 atom stereocenters. The van der Waals surface area contributed by atoms with Crippen LogP contribution in [0, 0.1) is 18.4 Å². The number of halogens is 2. The number of hydrogen-bond acceptors (Lipinski definition) is 7. The second-order valence-electron chi connectivity index (χ2n) is 8.80. The maximum atomic E-state index is 13.7. The van der Waals surface area contributed by atoms with Gasteiger partial charge in [0.25, 0.3) is 0 Å². The zero-order valence-electron chi connectivity index (χ0n) is 19.8. The normalized spacial score (nSPS) is 17.9. The molecule has 11 heteroatoms. The zero-order chi connectivity index (χ0) is 25.4. The van der Waals surface area contributed by atoms with Gasteiger partial charge >= 0.3 is 6.55 Å². The van der Waals surface area contributed by atoms with E-state index < -0.39 is 6.55 Å². The number of benzene rings is 1. The standard InChI is InChI=1S/C25H24F2N8O/c1-15-10-19(7-9-33(15)13-28)35-16(2)23(31-32-35)18-11-21-24(34(14-30-21)25(26)27)22(12-18)36-17(3)20-6-4-5-8-29-20/h4-6,8,11-12,14-15,19,25H,3,7,9-10H2,1-2H3/t15-,19?/m1/s1. The Balaban J connectivity index is 1.54. The first-order valence-electron chi connectivity index (χ1n) is 11.5. The van der Waals surface area contributed by atoms with Crippen molar-refractivity contribution in [3.8, 4) is 23.2 Å². The molecule has 4 aromatic rings. The van der Waals surface area contributed by atoms with Gasteiger partial charge in [0.1, 0.15) is 29.0 Å². The number of nitriles is 1. The van der Waals surface area contributed by atoms with Crippen LogP contribution in [-0.2, 0) is 0 Å². The minimum Gasteiger partial charge on any atom is -0.453 e. The van der Waals surface area contributed by atoms with Crippen LogP contribution in [0.3, 0.4) is 0 Å². The van der Waals surface area contributed by atoms with Crippen molar-refractivity contribution in [3.63, 3.8) is 0 Å². The third-order valence-corrected chi connectivity index (χ3v) is 6.55. The van der Waals surface area contributed by atoms with Crippen molar-refractivity contribution in [2.45, 2.75) is 45.3 Å². The first-order valence-corrected chi connectivity index (χ1v) is 11.5. The van der Waals surface area contributed by atoms with Crippen LogP contribution < -0.4 is 4.74 Å². The number of likely N-dealkylation sites (tertiary alicyclic amines) is 1. The van der Waals surface area contributed by atoms with E-state index in [0.29, 0.717) is 29.0 Å². The highest BCUT2D eigenvalue weighted by molar-refractivity contribution is 5.88. The lowest BCUT2D eigenvalue weighted by Crippen LogP contribution is -2.38. The van der Waals surface area contributed by atoms with E-state index in [4.69, 9.17) is 4.74 Å². The van der Waals surface area contributed by atoms with Crippen LogP contribution in [0.25, 0.3) is 28.0 Å². The fourth-order valence-corrected chi connectivity index (χ4v) is 4.68. The number of alkyl halides is 2. The van der Waals surface area contributed by atoms with Crippen LogP contribution in [0.4, 0.5) is 8.78 Å². The predicted octanol–water partition coefficient (Wildman–Crippen LogP) is 4.95. The van der Waals surface area contributed by atoms with Gasteiger partial charge in [0.15, 0.2) is 11.9 Å². The summed E-state index contributed by atoms with van der Waals surface area (Å²) in [6, 6.07) is 8.84. The van der Waals surface area contributed by atoms with Crippen LogP contribution in [0.1, 0.15) is 43.7 Å². The first-order chi connectivity index (χ1) is 17.4. The molecule has 184 valence electrons. The molecule has 0 amide bonds. The van der Waals surface area contributed by atoms with Crippen LogP contribution in [0.5, 0.6) is 5.75 Å². The van der Waals surface area contributed by atoms with Gasteiger partial charge in [-0.05, 0) is 51.0 Å². The molecule has 1 aromatic carbocycles. The smallest absolute Gasteiger partial charge is 0.320 e. The van der Waals surface area contributed by atoms with Crippen LogP contribution in [-0.4, -0.2) is 47.0 Å². The Kier molecular flexibility index (Phi) is 6.10. The van der Waals surface area contributed by atoms with Gasteiger partial charge in [0.05, 0.1) is 17.3 Å². The Bertz CT molecular complexity index is 1460. The van der Waals surface area contributed by atoms with E-state index in [9.17, 15) is 14.0 Å². The van der Waals surface area contributed by atoms with Gasteiger partial charge in [-0.2, -0.15) is 14.0 Å². The van der Waals surface area contributed by atoms with Gasteiger partial charge in [0, 0.05) is 24.3 Å². The number of piperidine rings is 1. The van der Waals surface area contributed by atoms with Crippen molar-refractivity contribution in [1.82, 2.24) is 34.4 Å². The van der Waals surface area contributed by atoms with Crippen LogP contribution in [0.15, 0.2) is 49.4 Å². The quantitative estimate of drug-likeness (QED) is 0.279. The van der Waals surface area contributed by atoms with E-state index in [2.05, 4.69) is 33.1 Å². The highest BCUT2D eigenvalue weighted by Crippen LogP contribution is 2.37. The summed E-state index contributed by atoms with van der Waals surface area (Å²) in [6.45, 7) is 5.73. The van der Waals surface area contributed by atoms with Crippen molar-refractivity contribution in [3.05, 3.63) is 60.8 Å². The van der Waals surface area contributed by atoms with E-state index in [-0.39, 0.29) is 29.1 Å². The van der Waals surface area contributed by atoms with Gasteiger partial charge in [-0.15, -0.1) is 5.10 Å². The summed E-state index contributed by atoms with van der Waals surface area (Å²) >= 11 is 0. The molecule has 0 N–H and O–H groups in total. The lowest BCUT2D eigenvalue weighted by Gasteiger charge is -2.34. The van der Waals surface area contributed by atoms with Crippen molar-refractivity contribution in [1.29, 1.82) is 5.26 Å². The van der Waals surface area contributed by atoms with Crippen molar-refractivity contribution >= 4 is 16.8 Å². The van der Waals surface area contributed by atoms with Gasteiger partial charge in [0.2, 0.25) is 0 Å². The Morgan fingerprint density at radius 2 is 2.11 bits per heavy atom. The fourth-order valence-electron chi connectivity index (χ4n) is 4.68. The third kappa shape index (κ3) is 4.15. The Morgan fingerprint density at radius 1 is 1.28 bits per heavy atom. The van der Waals surface area contributed by atoms with Crippen molar-refractivity contribution in [2.24, 2.45) is 0 Å². The summed E-state index contributed by atoms with van der Waals surface area (Å²) in [5.41, 5.74) is 3.04. The molecule has 0 spiro atoms. The van der Waals surface area contributed by atoms with Crippen molar-refractivity contribution in [2.75, 3.05) is 6.54 Å². The van der Waals surface area contributed by atoms with Crippen molar-refractivity contribution < 1.29 is 13.5 Å². The van der Waals surface area contributed by atoms with Gasteiger partial charge in [-0.3, -0.25) is 9.55 Å². The summed E-state index contributed by atoms with van der Waals surface area (Å²) in [7, 11) is 0. The topological polar surface area (TPSA) is 97.7 Å². The molecule has 1 unspecified atom stereocenters. The van der Waals surface area contributed by atoms with Gasteiger partial charge < -0.3 is 9.64 Å². The van der Waals surface area contributed by atoms with Gasteiger partial charge in [-0.1, -0.05) is 17.9 Å². The third-order valence-electron chi connectivity index (χ3n) is 6.55. The molecule has 1 saturated heterocycles. The number of fused-ring (bicyclic) bond motifs is 1. The molecule has 1 fully saturated rings. The summed E-state index contributed by atoms with van der Waals surface area (Å²) in [6.07, 6.45) is 6.47. The van der Waals surface area contributed by atoms with Gasteiger partial charge in [-0.25, -0.2) is 9.67 Å². The number of imidazole rings is 1. The summed E-state index contributed by atoms with van der Waals surface area (Å²) < 4.78 is 36.1.